The summed E-state index contributed by atoms with van der Waals surface area (Å²) in [5.74, 6) is 0. The van der Waals surface area contributed by atoms with Gasteiger partial charge in [-0.3, -0.25) is 0 Å². The van der Waals surface area contributed by atoms with Gasteiger partial charge in [0, 0.05) is 21.1 Å². The Hall–Kier alpha value is 1.14. The fraction of sp³-hybridized carbons (Fsp3) is 0. The van der Waals surface area contributed by atoms with Crippen molar-refractivity contribution < 1.29 is 32.0 Å². The first-order valence-electron chi connectivity index (χ1n) is 0. The minimum atomic E-state index is 0. The molecule has 0 rings (SSSR count). The average Bonchev–Trinajstić information content (AvgIpc) is 0. The third kappa shape index (κ3) is 11.1. The van der Waals surface area contributed by atoms with Crippen LogP contribution < -0.4 is 0 Å². The second kappa shape index (κ2) is 31.4. The third-order valence-electron chi connectivity index (χ3n) is 0. The summed E-state index contributed by atoms with van der Waals surface area (Å²) in [7, 11) is 0. The standard InChI is InChI=1S/Al.Mo.2H2O.H/h;;2*1H2;. The van der Waals surface area contributed by atoms with E-state index in [-0.39, 0.29) is 49.4 Å². The predicted molar refractivity (Wildman–Crippen MR) is 14.4 cm³/mol. The van der Waals surface area contributed by atoms with E-state index in [1.807, 2.05) is 0 Å². The summed E-state index contributed by atoms with van der Waals surface area (Å²) in [6.45, 7) is 0. The van der Waals surface area contributed by atoms with Crippen LogP contribution in [0.3, 0.4) is 0 Å². The molecule has 0 saturated carbocycles. The monoisotopic (exact) mass is 162 g/mol. The van der Waals surface area contributed by atoms with Gasteiger partial charge in [0.05, 0.1) is 17.4 Å². The summed E-state index contributed by atoms with van der Waals surface area (Å²) in [5, 5.41) is 0. The van der Waals surface area contributed by atoms with Gasteiger partial charge in [-0.25, -0.2) is 0 Å². The summed E-state index contributed by atoms with van der Waals surface area (Å²) in [6, 6.07) is 0. The van der Waals surface area contributed by atoms with Gasteiger partial charge < -0.3 is 11.0 Å². The summed E-state index contributed by atoms with van der Waals surface area (Å²) in [5.41, 5.74) is 0. The smallest absolute Gasteiger partial charge is 0.0854 e. The average molecular weight is 160 g/mol. The second-order valence-electron chi connectivity index (χ2n) is 0. The zero-order valence-electron chi connectivity index (χ0n) is 2.12. The van der Waals surface area contributed by atoms with Crippen molar-refractivity contribution in [1.82, 2.24) is 0 Å². The molecule has 0 spiro atoms. The van der Waals surface area contributed by atoms with Crippen LogP contribution in [0.15, 0.2) is 0 Å². The molecule has 4 heteroatoms. The van der Waals surface area contributed by atoms with Crippen molar-refractivity contribution in [2.24, 2.45) is 0 Å². The molecule has 0 unspecified atom stereocenters. The van der Waals surface area contributed by atoms with E-state index in [2.05, 4.69) is 0 Å². The molecule has 0 bridgehead atoms. The van der Waals surface area contributed by atoms with Gasteiger partial charge in [0.25, 0.3) is 0 Å². The molecule has 0 aliphatic rings. The van der Waals surface area contributed by atoms with Crippen LogP contribution in [0, 0.1) is 0 Å². The van der Waals surface area contributed by atoms with Crippen molar-refractivity contribution in [3.05, 3.63) is 0 Å². The van der Waals surface area contributed by atoms with Crippen LogP contribution in [0.2, 0.25) is 0 Å². The molecule has 2 radical (unpaired) electrons. The van der Waals surface area contributed by atoms with E-state index in [0.29, 0.717) is 0 Å². The van der Waals surface area contributed by atoms with Crippen molar-refractivity contribution in [1.29, 1.82) is 0 Å². The zero-order chi connectivity index (χ0) is 0. The summed E-state index contributed by atoms with van der Waals surface area (Å²) < 4.78 is 0. The van der Waals surface area contributed by atoms with Crippen LogP contribution in [-0.2, 0) is 21.1 Å². The quantitative estimate of drug-likeness (QED) is 0.358. The zero-order valence-corrected chi connectivity index (χ0v) is 5.54. The topological polar surface area (TPSA) is 63.0 Å². The second-order valence-corrected chi connectivity index (χ2v) is 0. The maximum absolute atomic E-state index is 0. The van der Waals surface area contributed by atoms with Crippen LogP contribution in [0.1, 0.15) is 0 Å². The Bertz CT molecular complexity index is 6.00. The third-order valence-corrected chi connectivity index (χ3v) is 0. The van der Waals surface area contributed by atoms with Gasteiger partial charge >= 0.3 is 0 Å². The van der Waals surface area contributed by atoms with Gasteiger partial charge in [-0.15, -0.1) is 0 Å². The molecule has 4 N–H and O–H groups in total. The van der Waals surface area contributed by atoms with Crippen molar-refractivity contribution in [3.8, 4) is 0 Å². The molecule has 0 fully saturated rings. The van der Waals surface area contributed by atoms with E-state index >= 15 is 0 Å². The first-order valence-corrected chi connectivity index (χ1v) is 0. The van der Waals surface area contributed by atoms with Crippen LogP contribution in [0.5, 0.6) is 0 Å². The summed E-state index contributed by atoms with van der Waals surface area (Å²) >= 11 is 0. The predicted octanol–water partition coefficient (Wildman–Crippen LogP) is -2.30. The molecule has 2 nitrogen and oxygen atoms in total. The molecule has 0 aromatic heterocycles. The van der Waals surface area contributed by atoms with E-state index < -0.39 is 0 Å². The van der Waals surface area contributed by atoms with Gasteiger partial charge in [-0.05, 0) is 0 Å². The van der Waals surface area contributed by atoms with Crippen molar-refractivity contribution in [3.63, 3.8) is 0 Å². The summed E-state index contributed by atoms with van der Waals surface area (Å²) in [6.07, 6.45) is 0. The summed E-state index contributed by atoms with van der Waals surface area (Å²) in [4.78, 5) is 0. The Morgan fingerprint density at radius 3 is 0.750 bits per heavy atom. The van der Waals surface area contributed by atoms with Crippen LogP contribution >= 0.6 is 0 Å². The van der Waals surface area contributed by atoms with E-state index in [9.17, 15) is 0 Å². The van der Waals surface area contributed by atoms with Gasteiger partial charge in [-0.1, -0.05) is 0 Å². The molecule has 0 aromatic rings. The van der Waals surface area contributed by atoms with Crippen molar-refractivity contribution >= 4 is 17.4 Å². The van der Waals surface area contributed by atoms with E-state index in [0.717, 1.165) is 0 Å². The van der Waals surface area contributed by atoms with Crippen molar-refractivity contribution in [2.45, 2.75) is 0 Å². The molecular formula is H5AlMoO2. The maximum atomic E-state index is 0. The van der Waals surface area contributed by atoms with Gasteiger partial charge in [0.15, 0.2) is 0 Å². The molecule has 0 saturated heterocycles. The van der Waals surface area contributed by atoms with Crippen molar-refractivity contribution in [2.75, 3.05) is 0 Å². The van der Waals surface area contributed by atoms with Gasteiger partial charge in [0.1, 0.15) is 0 Å². The number of hydrogen-bond donors (Lipinski definition) is 0. The van der Waals surface area contributed by atoms with Gasteiger partial charge in [0.2, 0.25) is 0 Å². The Kier molecular flexibility index (Phi) is 531. The van der Waals surface area contributed by atoms with Gasteiger partial charge in [-0.2, -0.15) is 0 Å². The SMILES string of the molecule is O.O.[AlH].[Mo]. The minimum Gasteiger partial charge on any atom is -0.412 e. The number of hydrogen-bond acceptors (Lipinski definition) is 0. The molecule has 0 aromatic carbocycles. The molecule has 0 heterocycles. The Balaban J connectivity index is 0. The molecule has 0 aliphatic heterocycles. The maximum Gasteiger partial charge on any atom is 0.0854 e. The molecule has 26 valence electrons. The largest absolute Gasteiger partial charge is 0.412 e. The first-order chi connectivity index (χ1) is 0. The van der Waals surface area contributed by atoms with E-state index in [1.54, 1.807) is 0 Å². The molecule has 0 aliphatic carbocycles. The fourth-order valence-electron chi connectivity index (χ4n) is 0. The Morgan fingerprint density at radius 2 is 0.750 bits per heavy atom. The van der Waals surface area contributed by atoms with Crippen LogP contribution in [0.25, 0.3) is 0 Å². The van der Waals surface area contributed by atoms with Crippen LogP contribution in [-0.4, -0.2) is 28.3 Å². The Labute approximate surface area is 49.6 Å². The molecule has 0 amide bonds. The number of rotatable bonds is 0. The van der Waals surface area contributed by atoms with E-state index in [1.165, 1.54) is 0 Å². The Morgan fingerprint density at radius 1 is 0.750 bits per heavy atom. The first kappa shape index (κ1) is 67.7. The van der Waals surface area contributed by atoms with Crippen LogP contribution in [0.4, 0.5) is 0 Å². The normalized spacial score (nSPS) is 0. The van der Waals surface area contributed by atoms with E-state index in [4.69, 9.17) is 0 Å². The fourth-order valence-corrected chi connectivity index (χ4v) is 0. The molecular weight excluding hydrogens is 155 g/mol. The minimum absolute atomic E-state index is 0. The molecule has 0 atom stereocenters. The molecule has 4 heavy (non-hydrogen) atoms.